The summed E-state index contributed by atoms with van der Waals surface area (Å²) in [6.45, 7) is 26.7. The van der Waals surface area contributed by atoms with E-state index in [1.807, 2.05) is 9.56 Å². The van der Waals surface area contributed by atoms with Gasteiger partial charge in [-0.25, -0.2) is 4.78 Å². The van der Waals surface area contributed by atoms with Crippen molar-refractivity contribution in [3.63, 3.8) is 0 Å². The van der Waals surface area contributed by atoms with E-state index in [0.717, 1.165) is 5.69 Å². The predicted molar refractivity (Wildman–Crippen MR) is 124 cm³/mol. The van der Waals surface area contributed by atoms with E-state index in [1.165, 1.54) is 16.7 Å². The lowest BCUT2D eigenvalue weighted by Gasteiger charge is -2.37. The molecule has 0 radical (unpaired) electrons. The average molecular weight is 425 g/mol. The molecule has 1 heterocycles. The van der Waals surface area contributed by atoms with Crippen molar-refractivity contribution in [2.24, 2.45) is 10.4 Å². The molecule has 0 aliphatic carbocycles. The van der Waals surface area contributed by atoms with Crippen LogP contribution in [0.25, 0.3) is 0 Å². The number of anilines is 1. The summed E-state index contributed by atoms with van der Waals surface area (Å²) in [4.78, 5) is 0. The van der Waals surface area contributed by atoms with Crippen LogP contribution in [0.5, 0.6) is 0 Å². The third-order valence-electron chi connectivity index (χ3n) is 4.91. The van der Waals surface area contributed by atoms with Gasteiger partial charge in [-0.15, -0.1) is 0 Å². The molecule has 1 aromatic carbocycles. The van der Waals surface area contributed by atoms with E-state index in [4.69, 9.17) is 11.2 Å². The van der Waals surface area contributed by atoms with Crippen LogP contribution in [0.3, 0.4) is 0 Å². The van der Waals surface area contributed by atoms with Crippen molar-refractivity contribution in [1.82, 2.24) is 4.78 Å². The van der Waals surface area contributed by atoms with Crippen LogP contribution >= 0.6 is 18.8 Å². The molecular formula is C22H38ClN4P. The van der Waals surface area contributed by atoms with Gasteiger partial charge in [0.15, 0.2) is 0 Å². The first-order valence-electron chi connectivity index (χ1n) is 10.0. The fourth-order valence-corrected chi connectivity index (χ4v) is 5.49. The Bertz CT molecular complexity index is 726. The molecule has 0 saturated carbocycles. The van der Waals surface area contributed by atoms with Gasteiger partial charge in [0.2, 0.25) is 7.58 Å². The van der Waals surface area contributed by atoms with Gasteiger partial charge in [-0.3, -0.25) is 0 Å². The van der Waals surface area contributed by atoms with Crippen molar-refractivity contribution in [2.45, 2.75) is 105 Å². The van der Waals surface area contributed by atoms with Gasteiger partial charge in [-0.05, 0) is 75.4 Å². The summed E-state index contributed by atoms with van der Waals surface area (Å²) in [5.74, 6) is 0. The zero-order valence-corrected chi connectivity index (χ0v) is 21.4. The average Bonchev–Trinajstić information content (AvgIpc) is 2.84. The first-order valence-corrected chi connectivity index (χ1v) is 12.2. The number of halogens is 1. The summed E-state index contributed by atoms with van der Waals surface area (Å²) in [6, 6.07) is 4.69. The molecule has 0 fully saturated rings. The third kappa shape index (κ3) is 4.65. The predicted octanol–water partition coefficient (Wildman–Crippen LogP) is 8.25. The topological polar surface area (TPSA) is 31.2 Å². The van der Waals surface area contributed by atoms with Gasteiger partial charge < -0.3 is 0 Å². The Morgan fingerprint density at radius 1 is 0.714 bits per heavy atom. The zero-order valence-electron chi connectivity index (χ0n) is 19.8. The van der Waals surface area contributed by atoms with Gasteiger partial charge in [-0.1, -0.05) is 74.4 Å². The highest BCUT2D eigenvalue weighted by atomic mass is 35.7. The molecule has 4 nitrogen and oxygen atoms in total. The van der Waals surface area contributed by atoms with Crippen molar-refractivity contribution < 1.29 is 0 Å². The molecule has 1 aliphatic heterocycles. The van der Waals surface area contributed by atoms with E-state index >= 15 is 0 Å². The lowest BCUT2D eigenvalue weighted by molar-refractivity contribution is 0.271. The largest absolute Gasteiger partial charge is 0.239 e. The number of nitrogens with zero attached hydrogens (tertiary/aromatic N) is 4. The quantitative estimate of drug-likeness (QED) is 0.425. The summed E-state index contributed by atoms with van der Waals surface area (Å²) in [7, 11) is -1.22. The maximum atomic E-state index is 6.97. The lowest BCUT2D eigenvalue weighted by atomic mass is 9.74. The Balaban J connectivity index is 2.81. The first kappa shape index (κ1) is 23.4. The zero-order chi connectivity index (χ0) is 21.9. The summed E-state index contributed by atoms with van der Waals surface area (Å²) in [5.41, 5.74) is 4.79. The van der Waals surface area contributed by atoms with Crippen LogP contribution in [0, 0.1) is 0 Å². The molecule has 1 unspecified atom stereocenters. The molecule has 2 rings (SSSR count). The van der Waals surface area contributed by atoms with Crippen LogP contribution in [0.1, 0.15) is 99.8 Å². The Kier molecular flexibility index (Phi) is 5.96. The second kappa shape index (κ2) is 7.13. The van der Waals surface area contributed by atoms with Crippen LogP contribution < -0.4 is 4.78 Å². The van der Waals surface area contributed by atoms with Crippen LogP contribution in [-0.2, 0) is 16.2 Å². The highest BCUT2D eigenvalue weighted by Crippen LogP contribution is 2.61. The molecule has 0 spiro atoms. The third-order valence-corrected chi connectivity index (χ3v) is 7.36. The van der Waals surface area contributed by atoms with Gasteiger partial charge in [-0.2, -0.15) is 4.78 Å². The van der Waals surface area contributed by atoms with Crippen molar-refractivity contribution in [1.29, 1.82) is 0 Å². The number of rotatable bonds is 1. The number of hydrogen-bond donors (Lipinski definition) is 0. The van der Waals surface area contributed by atoms with E-state index in [9.17, 15) is 0 Å². The highest BCUT2D eigenvalue weighted by Gasteiger charge is 2.41. The monoisotopic (exact) mass is 424 g/mol. The van der Waals surface area contributed by atoms with E-state index in [2.05, 4.69) is 106 Å². The Labute approximate surface area is 178 Å². The minimum Gasteiger partial charge on any atom is -0.216 e. The number of benzene rings is 1. The van der Waals surface area contributed by atoms with Gasteiger partial charge in [0.1, 0.15) is 0 Å². The molecule has 0 amide bonds. The second-order valence-corrected chi connectivity index (χ2v) is 14.0. The van der Waals surface area contributed by atoms with Crippen molar-refractivity contribution in [3.8, 4) is 0 Å². The Morgan fingerprint density at radius 2 is 1.14 bits per heavy atom. The van der Waals surface area contributed by atoms with Gasteiger partial charge in [0.25, 0.3) is 0 Å². The van der Waals surface area contributed by atoms with E-state index in [0.29, 0.717) is 0 Å². The van der Waals surface area contributed by atoms with Crippen LogP contribution in [0.2, 0.25) is 0 Å². The highest BCUT2D eigenvalue weighted by molar-refractivity contribution is 7.83. The van der Waals surface area contributed by atoms with E-state index < -0.39 is 7.58 Å². The van der Waals surface area contributed by atoms with E-state index in [1.54, 1.807) is 0 Å². The molecule has 1 aliphatic rings. The van der Waals surface area contributed by atoms with Gasteiger partial charge >= 0.3 is 0 Å². The summed E-state index contributed by atoms with van der Waals surface area (Å²) in [6.07, 6.45) is 0. The van der Waals surface area contributed by atoms with Crippen LogP contribution in [-0.4, -0.2) is 10.3 Å². The molecule has 28 heavy (non-hydrogen) atoms. The standard InChI is InChI=1S/C22H38ClN4P/c1-19(2,3)15-13-16(20(4,5)6)18(17(14-15)21(7,8)9)26-24-25-27(28(26)23)22(10,11)12/h13-14H,1-12H3. The molecule has 1 aromatic rings. The molecular weight excluding hydrogens is 387 g/mol. The minimum absolute atomic E-state index is 0.0473. The molecule has 1 atom stereocenters. The van der Waals surface area contributed by atoms with Gasteiger partial charge in [0, 0.05) is 0 Å². The SMILES string of the molecule is CC(C)(C)c1cc(C(C)(C)C)c(N2N=NN(C(C)(C)C)P2Cl)c(C(C)(C)C)c1. The molecule has 0 N–H and O–H groups in total. The Morgan fingerprint density at radius 3 is 1.43 bits per heavy atom. The van der Waals surface area contributed by atoms with Crippen molar-refractivity contribution >= 4 is 24.5 Å². The summed E-state index contributed by atoms with van der Waals surface area (Å²) < 4.78 is 3.90. The van der Waals surface area contributed by atoms with Crippen molar-refractivity contribution in [2.75, 3.05) is 4.78 Å². The molecule has 158 valence electrons. The second-order valence-electron chi connectivity index (χ2n) is 11.8. The van der Waals surface area contributed by atoms with Crippen molar-refractivity contribution in [3.05, 3.63) is 28.8 Å². The molecule has 6 heteroatoms. The lowest BCUT2D eigenvalue weighted by Crippen LogP contribution is -2.32. The fourth-order valence-electron chi connectivity index (χ4n) is 3.16. The molecule has 0 aromatic heterocycles. The molecule has 0 bridgehead atoms. The number of hydrogen-bond acceptors (Lipinski definition) is 4. The Hall–Kier alpha value is -0.860. The first-order chi connectivity index (χ1) is 12.3. The molecule has 0 saturated heterocycles. The summed E-state index contributed by atoms with van der Waals surface area (Å²) >= 11 is 6.97. The maximum absolute atomic E-state index is 6.97. The smallest absolute Gasteiger partial charge is 0.216 e. The fraction of sp³-hybridized carbons (Fsp3) is 0.727. The minimum atomic E-state index is -1.22. The van der Waals surface area contributed by atoms with Crippen LogP contribution in [0.15, 0.2) is 22.6 Å². The summed E-state index contributed by atoms with van der Waals surface area (Å²) in [5, 5.41) is 9.00. The van der Waals surface area contributed by atoms with Crippen LogP contribution in [0.4, 0.5) is 5.69 Å². The maximum Gasteiger partial charge on any atom is 0.239 e. The van der Waals surface area contributed by atoms with E-state index in [-0.39, 0.29) is 21.8 Å². The van der Waals surface area contributed by atoms with Gasteiger partial charge in [0.05, 0.1) is 11.2 Å². The normalized spacial score (nSPS) is 19.0.